The fourth-order valence-corrected chi connectivity index (χ4v) is 3.07. The Labute approximate surface area is 108 Å². The molecule has 92 valence electrons. The Morgan fingerprint density at radius 1 is 1.71 bits per heavy atom. The molecule has 17 heavy (non-hydrogen) atoms. The summed E-state index contributed by atoms with van der Waals surface area (Å²) >= 11 is 7.05. The van der Waals surface area contributed by atoms with E-state index in [1.54, 1.807) is 7.05 Å². The predicted octanol–water partition coefficient (Wildman–Crippen LogP) is 1.32. The molecule has 1 aromatic heterocycles. The Bertz CT molecular complexity index is 449. The number of hydrogen-bond donors (Lipinski definition) is 1. The fraction of sp³-hybridized carbons (Fsp3) is 0.500. The van der Waals surface area contributed by atoms with Gasteiger partial charge in [0.15, 0.2) is 16.6 Å². The van der Waals surface area contributed by atoms with Crippen LogP contribution < -0.4 is 10.2 Å². The monoisotopic (exact) mass is 273 g/mol. The van der Waals surface area contributed by atoms with Crippen molar-refractivity contribution in [2.45, 2.75) is 18.9 Å². The number of rotatable bonds is 3. The summed E-state index contributed by atoms with van der Waals surface area (Å²) in [4.78, 5) is 28.8. The molecule has 2 rings (SSSR count). The molecule has 0 aliphatic carbocycles. The van der Waals surface area contributed by atoms with Gasteiger partial charge in [-0.15, -0.1) is 0 Å². The molecule has 0 aromatic carbocycles. The zero-order valence-electron chi connectivity index (χ0n) is 9.27. The van der Waals surface area contributed by atoms with Gasteiger partial charge in [-0.2, -0.15) is 0 Å². The molecule has 1 aliphatic heterocycles. The van der Waals surface area contributed by atoms with Gasteiger partial charge in [-0.1, -0.05) is 22.9 Å². The number of thiazole rings is 1. The van der Waals surface area contributed by atoms with Gasteiger partial charge in [0.1, 0.15) is 10.9 Å². The largest absolute Gasteiger partial charge is 0.357 e. The molecule has 5 nitrogen and oxygen atoms in total. The topological polar surface area (TPSA) is 62.3 Å². The van der Waals surface area contributed by atoms with Gasteiger partial charge in [0.2, 0.25) is 5.91 Å². The molecule has 0 radical (unpaired) electrons. The van der Waals surface area contributed by atoms with E-state index in [0.29, 0.717) is 16.3 Å². The van der Waals surface area contributed by atoms with Gasteiger partial charge in [0.05, 0.1) is 0 Å². The number of aromatic nitrogens is 1. The van der Waals surface area contributed by atoms with Crippen molar-refractivity contribution in [1.29, 1.82) is 0 Å². The summed E-state index contributed by atoms with van der Waals surface area (Å²) in [6.07, 6.45) is 2.42. The van der Waals surface area contributed by atoms with Crippen molar-refractivity contribution < 1.29 is 9.59 Å². The summed E-state index contributed by atoms with van der Waals surface area (Å²) < 4.78 is 0. The van der Waals surface area contributed by atoms with Crippen LogP contribution in [-0.4, -0.2) is 36.8 Å². The minimum absolute atomic E-state index is 0.0264. The summed E-state index contributed by atoms with van der Waals surface area (Å²) in [5, 5.41) is 3.49. The molecule has 1 aliphatic rings. The highest BCUT2D eigenvalue weighted by atomic mass is 35.5. The molecule has 1 N–H and O–H groups in total. The Balaban J connectivity index is 2.25. The summed E-state index contributed by atoms with van der Waals surface area (Å²) in [7, 11) is 1.62. The standard InChI is InChI=1S/C10H12ClN3O2S/c1-12-9(16)6-3-2-4-14(6)10-13-8(11)7(5-15)17-10/h5-6H,2-4H2,1H3,(H,12,16). The molecule has 0 spiro atoms. The first-order chi connectivity index (χ1) is 8.17. The third kappa shape index (κ3) is 2.28. The van der Waals surface area contributed by atoms with E-state index in [0.717, 1.165) is 19.4 Å². The second-order valence-corrected chi connectivity index (χ2v) is 5.10. The lowest BCUT2D eigenvalue weighted by Gasteiger charge is -2.22. The first-order valence-electron chi connectivity index (χ1n) is 5.27. The molecule has 0 saturated carbocycles. The highest BCUT2D eigenvalue weighted by Crippen LogP contribution is 2.32. The molecule has 2 heterocycles. The van der Waals surface area contributed by atoms with E-state index in [2.05, 4.69) is 10.3 Å². The van der Waals surface area contributed by atoms with Gasteiger partial charge < -0.3 is 10.2 Å². The third-order valence-electron chi connectivity index (χ3n) is 2.75. The lowest BCUT2D eigenvalue weighted by Crippen LogP contribution is -2.41. The van der Waals surface area contributed by atoms with E-state index in [1.807, 2.05) is 4.90 Å². The van der Waals surface area contributed by atoms with Crippen LogP contribution >= 0.6 is 22.9 Å². The van der Waals surface area contributed by atoms with E-state index in [9.17, 15) is 9.59 Å². The van der Waals surface area contributed by atoms with E-state index in [-0.39, 0.29) is 17.1 Å². The van der Waals surface area contributed by atoms with Gasteiger partial charge in [0.25, 0.3) is 0 Å². The van der Waals surface area contributed by atoms with Crippen molar-refractivity contribution in [1.82, 2.24) is 10.3 Å². The molecule has 1 saturated heterocycles. The zero-order valence-corrected chi connectivity index (χ0v) is 10.8. The van der Waals surface area contributed by atoms with Crippen LogP contribution in [0.1, 0.15) is 22.5 Å². The van der Waals surface area contributed by atoms with E-state index in [1.165, 1.54) is 11.3 Å². The average molecular weight is 274 g/mol. The quantitative estimate of drug-likeness (QED) is 0.844. The van der Waals surface area contributed by atoms with Crippen LogP contribution in [0, 0.1) is 0 Å². The normalized spacial score (nSPS) is 19.4. The molecule has 1 unspecified atom stereocenters. The van der Waals surface area contributed by atoms with E-state index >= 15 is 0 Å². The summed E-state index contributed by atoms with van der Waals surface area (Å²) in [6, 6.07) is -0.207. The number of likely N-dealkylation sites (N-methyl/N-ethyl adjacent to an activating group) is 1. The number of aldehydes is 1. The van der Waals surface area contributed by atoms with Crippen molar-refractivity contribution in [3.63, 3.8) is 0 Å². The van der Waals surface area contributed by atoms with Crippen molar-refractivity contribution in [3.05, 3.63) is 10.0 Å². The number of amides is 1. The van der Waals surface area contributed by atoms with Crippen LogP contribution in [-0.2, 0) is 4.79 Å². The molecule has 0 bridgehead atoms. The Kier molecular flexibility index (Phi) is 3.63. The molecule has 1 atom stereocenters. The number of carbonyl (C=O) groups excluding carboxylic acids is 2. The number of hydrogen-bond acceptors (Lipinski definition) is 5. The van der Waals surface area contributed by atoms with Gasteiger partial charge >= 0.3 is 0 Å². The maximum Gasteiger partial charge on any atom is 0.242 e. The molecule has 7 heteroatoms. The molecule has 1 fully saturated rings. The Morgan fingerprint density at radius 2 is 2.47 bits per heavy atom. The zero-order chi connectivity index (χ0) is 12.4. The molecule has 1 amide bonds. The number of carbonyl (C=O) groups is 2. The second-order valence-electron chi connectivity index (χ2n) is 3.74. The maximum atomic E-state index is 11.7. The molecular formula is C10H12ClN3O2S. The van der Waals surface area contributed by atoms with E-state index < -0.39 is 0 Å². The second kappa shape index (κ2) is 5.01. The molecular weight excluding hydrogens is 262 g/mol. The van der Waals surface area contributed by atoms with Crippen LogP contribution in [0.15, 0.2) is 0 Å². The maximum absolute atomic E-state index is 11.7. The van der Waals surface area contributed by atoms with Gasteiger partial charge in [0, 0.05) is 13.6 Å². The van der Waals surface area contributed by atoms with Gasteiger partial charge in [-0.3, -0.25) is 9.59 Å². The minimum Gasteiger partial charge on any atom is -0.357 e. The van der Waals surface area contributed by atoms with Crippen LogP contribution in [0.2, 0.25) is 5.15 Å². The Hall–Kier alpha value is -1.14. The average Bonchev–Trinajstić information content (AvgIpc) is 2.93. The first-order valence-corrected chi connectivity index (χ1v) is 6.46. The minimum atomic E-state index is -0.207. The molecule has 1 aromatic rings. The number of anilines is 1. The van der Waals surface area contributed by atoms with Crippen molar-refractivity contribution in [2.24, 2.45) is 0 Å². The summed E-state index contributed by atoms with van der Waals surface area (Å²) in [5.74, 6) is -0.0264. The smallest absolute Gasteiger partial charge is 0.242 e. The fourth-order valence-electron chi connectivity index (χ4n) is 1.93. The number of nitrogens with one attached hydrogen (secondary N) is 1. The Morgan fingerprint density at radius 3 is 3.06 bits per heavy atom. The lowest BCUT2D eigenvalue weighted by atomic mass is 10.2. The van der Waals surface area contributed by atoms with Crippen molar-refractivity contribution in [2.75, 3.05) is 18.5 Å². The summed E-state index contributed by atoms with van der Waals surface area (Å²) in [5.41, 5.74) is 0. The van der Waals surface area contributed by atoms with E-state index in [4.69, 9.17) is 11.6 Å². The summed E-state index contributed by atoms with van der Waals surface area (Å²) in [6.45, 7) is 0.764. The van der Waals surface area contributed by atoms with Crippen LogP contribution in [0.25, 0.3) is 0 Å². The third-order valence-corrected chi connectivity index (χ3v) is 4.17. The first kappa shape index (κ1) is 12.3. The van der Waals surface area contributed by atoms with Crippen molar-refractivity contribution >= 4 is 40.3 Å². The SMILES string of the molecule is CNC(=O)C1CCCN1c1nc(Cl)c(C=O)s1. The highest BCUT2D eigenvalue weighted by molar-refractivity contribution is 7.17. The van der Waals surface area contributed by atoms with Crippen LogP contribution in [0.4, 0.5) is 5.13 Å². The number of nitrogens with zero attached hydrogens (tertiary/aromatic N) is 2. The number of halogens is 1. The highest BCUT2D eigenvalue weighted by Gasteiger charge is 2.32. The van der Waals surface area contributed by atoms with Gasteiger partial charge in [-0.25, -0.2) is 4.98 Å². The lowest BCUT2D eigenvalue weighted by molar-refractivity contribution is -0.121. The van der Waals surface area contributed by atoms with Crippen molar-refractivity contribution in [3.8, 4) is 0 Å². The van der Waals surface area contributed by atoms with Crippen LogP contribution in [0.3, 0.4) is 0 Å². The van der Waals surface area contributed by atoms with Gasteiger partial charge in [-0.05, 0) is 12.8 Å². The predicted molar refractivity (Wildman–Crippen MR) is 66.9 cm³/mol. The van der Waals surface area contributed by atoms with Crippen LogP contribution in [0.5, 0.6) is 0 Å².